The van der Waals surface area contributed by atoms with Gasteiger partial charge in [0.2, 0.25) is 5.91 Å². The van der Waals surface area contributed by atoms with E-state index in [9.17, 15) is 14.9 Å². The number of non-ortho nitro benzene ring substituents is 1. The average molecular weight is 474 g/mol. The lowest BCUT2D eigenvalue weighted by atomic mass is 10.1. The molecule has 0 bridgehead atoms. The molecule has 1 amide bonds. The normalized spacial score (nSPS) is 11.0. The van der Waals surface area contributed by atoms with Crippen LogP contribution in [0.5, 0.6) is 0 Å². The summed E-state index contributed by atoms with van der Waals surface area (Å²) in [6.45, 7) is 4.09. The molecular weight excluding hydrogens is 446 g/mol. The Morgan fingerprint density at radius 1 is 1.24 bits per heavy atom. The topological polar surface area (TPSA) is 137 Å². The van der Waals surface area contributed by atoms with E-state index < -0.39 is 4.92 Å². The summed E-state index contributed by atoms with van der Waals surface area (Å²) in [5.41, 5.74) is 1.41. The molecule has 3 rings (SSSR count). The highest BCUT2D eigenvalue weighted by molar-refractivity contribution is 7.99. The smallest absolute Gasteiger partial charge is 0.269 e. The number of nitrogens with zero attached hydrogens (tertiary/aromatic N) is 5. The monoisotopic (exact) mass is 473 g/mol. The van der Waals surface area contributed by atoms with Gasteiger partial charge in [-0.1, -0.05) is 30.8 Å². The maximum Gasteiger partial charge on any atom is 0.269 e. The second-order valence-corrected chi connectivity index (χ2v) is 8.24. The van der Waals surface area contributed by atoms with Crippen LogP contribution in [-0.4, -0.2) is 63.1 Å². The van der Waals surface area contributed by atoms with Gasteiger partial charge in [0.05, 0.1) is 36.1 Å². The van der Waals surface area contributed by atoms with Crippen molar-refractivity contribution in [3.8, 4) is 0 Å². The third kappa shape index (κ3) is 6.86. The number of ether oxygens (including phenoxy) is 1. The molecule has 0 fully saturated rings. The zero-order chi connectivity index (χ0) is 23.6. The molecule has 0 saturated carbocycles. The van der Waals surface area contributed by atoms with Crippen LogP contribution in [0, 0.1) is 10.1 Å². The van der Waals surface area contributed by atoms with Gasteiger partial charge >= 0.3 is 0 Å². The first kappa shape index (κ1) is 24.4. The van der Waals surface area contributed by atoms with Gasteiger partial charge in [0.1, 0.15) is 5.82 Å². The molecule has 0 spiro atoms. The third-order valence-electron chi connectivity index (χ3n) is 4.67. The van der Waals surface area contributed by atoms with E-state index in [1.165, 1.54) is 12.1 Å². The molecule has 12 heteroatoms. The average Bonchev–Trinajstić information content (AvgIpc) is 3.21. The van der Waals surface area contributed by atoms with Crippen LogP contribution in [-0.2, 0) is 22.5 Å². The summed E-state index contributed by atoms with van der Waals surface area (Å²) in [6, 6.07) is 5.96. The van der Waals surface area contributed by atoms with Gasteiger partial charge in [-0.3, -0.25) is 14.9 Å². The van der Waals surface area contributed by atoms with Crippen molar-refractivity contribution in [1.82, 2.24) is 25.1 Å². The molecule has 2 N–H and O–H groups in total. The highest BCUT2D eigenvalue weighted by Crippen LogP contribution is 2.24. The highest BCUT2D eigenvalue weighted by Gasteiger charge is 2.14. The van der Waals surface area contributed by atoms with Crippen molar-refractivity contribution in [3.05, 3.63) is 46.1 Å². The first-order valence-electron chi connectivity index (χ1n) is 10.6. The largest absolute Gasteiger partial charge is 0.383 e. The third-order valence-corrected chi connectivity index (χ3v) is 5.72. The summed E-state index contributed by atoms with van der Waals surface area (Å²) in [6.07, 6.45) is 2.88. The number of nitro benzene ring substituents is 1. The van der Waals surface area contributed by atoms with Gasteiger partial charge in [-0.15, -0.1) is 0 Å². The Morgan fingerprint density at radius 2 is 2.03 bits per heavy atom. The van der Waals surface area contributed by atoms with Gasteiger partial charge in [0.25, 0.3) is 5.69 Å². The number of hydrogen-bond acceptors (Lipinski definition) is 9. The van der Waals surface area contributed by atoms with Crippen LogP contribution < -0.4 is 10.6 Å². The van der Waals surface area contributed by atoms with Crippen LogP contribution in [0.25, 0.3) is 11.0 Å². The Bertz CT molecular complexity index is 1090. The number of nitro groups is 1. The Morgan fingerprint density at radius 3 is 2.73 bits per heavy atom. The summed E-state index contributed by atoms with van der Waals surface area (Å²) in [7, 11) is 1.65. The quantitative estimate of drug-likeness (QED) is 0.126. The number of carbonyl (C=O) groups excluding carboxylic acids is 1. The maximum absolute atomic E-state index is 12.3. The molecule has 33 heavy (non-hydrogen) atoms. The van der Waals surface area contributed by atoms with Gasteiger partial charge in [-0.25, -0.2) is 14.6 Å². The van der Waals surface area contributed by atoms with Crippen molar-refractivity contribution in [2.75, 3.05) is 37.9 Å². The Kier molecular flexibility index (Phi) is 8.95. The Hall–Kier alpha value is -3.25. The zero-order valence-electron chi connectivity index (χ0n) is 18.6. The van der Waals surface area contributed by atoms with Gasteiger partial charge in [-0.05, 0) is 12.0 Å². The zero-order valence-corrected chi connectivity index (χ0v) is 19.4. The summed E-state index contributed by atoms with van der Waals surface area (Å²) in [5.74, 6) is 1.45. The van der Waals surface area contributed by atoms with E-state index in [0.29, 0.717) is 48.4 Å². The minimum absolute atomic E-state index is 0.000688. The van der Waals surface area contributed by atoms with Gasteiger partial charge in [-0.2, -0.15) is 5.10 Å². The van der Waals surface area contributed by atoms with E-state index in [1.54, 1.807) is 41.9 Å². The lowest BCUT2D eigenvalue weighted by Gasteiger charge is -2.10. The van der Waals surface area contributed by atoms with Crippen LogP contribution >= 0.6 is 11.8 Å². The number of rotatable bonds is 13. The number of hydrogen-bond donors (Lipinski definition) is 2. The lowest BCUT2D eigenvalue weighted by molar-refractivity contribution is -0.384. The molecule has 2 heterocycles. The minimum Gasteiger partial charge on any atom is -0.383 e. The van der Waals surface area contributed by atoms with E-state index in [-0.39, 0.29) is 18.0 Å². The van der Waals surface area contributed by atoms with Crippen molar-refractivity contribution in [1.29, 1.82) is 0 Å². The Labute approximate surface area is 195 Å². The van der Waals surface area contributed by atoms with E-state index in [0.717, 1.165) is 17.6 Å². The lowest BCUT2D eigenvalue weighted by Crippen LogP contribution is -2.28. The molecule has 0 saturated heterocycles. The number of fused-ring (bicyclic) bond motifs is 1. The number of amides is 1. The summed E-state index contributed by atoms with van der Waals surface area (Å²) in [5, 5.41) is 22.8. The Balaban J connectivity index is 1.63. The molecule has 3 aromatic rings. The number of nitrogens with one attached hydrogen (secondary N) is 2. The van der Waals surface area contributed by atoms with Crippen LogP contribution in [0.2, 0.25) is 0 Å². The van der Waals surface area contributed by atoms with Crippen LogP contribution in [0.4, 0.5) is 11.5 Å². The molecule has 0 unspecified atom stereocenters. The van der Waals surface area contributed by atoms with E-state index in [1.807, 2.05) is 0 Å². The number of carbonyl (C=O) groups is 1. The number of methoxy groups -OCH3 is 1. The molecule has 11 nitrogen and oxygen atoms in total. The van der Waals surface area contributed by atoms with Crippen molar-refractivity contribution in [2.24, 2.45) is 0 Å². The predicted octanol–water partition coefficient (Wildman–Crippen LogP) is 2.65. The molecule has 0 aliphatic heterocycles. The maximum atomic E-state index is 12.3. The molecule has 0 aliphatic carbocycles. The second-order valence-electron chi connectivity index (χ2n) is 7.18. The summed E-state index contributed by atoms with van der Waals surface area (Å²) in [4.78, 5) is 31.8. The van der Waals surface area contributed by atoms with Gasteiger partial charge in [0.15, 0.2) is 10.8 Å². The number of aromatic nitrogens is 4. The molecule has 176 valence electrons. The van der Waals surface area contributed by atoms with Crippen molar-refractivity contribution >= 4 is 40.2 Å². The summed E-state index contributed by atoms with van der Waals surface area (Å²) >= 11 is 1.59. The fourth-order valence-electron chi connectivity index (χ4n) is 3.05. The van der Waals surface area contributed by atoms with Crippen molar-refractivity contribution in [2.45, 2.75) is 31.5 Å². The van der Waals surface area contributed by atoms with E-state index in [4.69, 9.17) is 4.74 Å². The number of thioether (sulfide) groups is 1. The predicted molar refractivity (Wildman–Crippen MR) is 127 cm³/mol. The van der Waals surface area contributed by atoms with E-state index >= 15 is 0 Å². The first-order valence-corrected chi connectivity index (χ1v) is 11.6. The summed E-state index contributed by atoms with van der Waals surface area (Å²) < 4.78 is 6.86. The van der Waals surface area contributed by atoms with Crippen molar-refractivity contribution < 1.29 is 14.5 Å². The van der Waals surface area contributed by atoms with Crippen LogP contribution in [0.15, 0.2) is 35.6 Å². The van der Waals surface area contributed by atoms with Gasteiger partial charge < -0.3 is 15.4 Å². The second kappa shape index (κ2) is 12.1. The fraction of sp³-hybridized carbons (Fsp3) is 0.429. The van der Waals surface area contributed by atoms with Gasteiger partial charge in [0, 0.05) is 38.1 Å². The SMILES string of the molecule is CCCSc1nc(NCCOC)c2cnn(CCNC(=O)Cc3ccc([N+](=O)[O-])cc3)c2n1. The highest BCUT2D eigenvalue weighted by atomic mass is 32.2. The van der Waals surface area contributed by atoms with Crippen molar-refractivity contribution in [3.63, 3.8) is 0 Å². The molecule has 0 radical (unpaired) electrons. The number of benzene rings is 1. The number of anilines is 1. The van der Waals surface area contributed by atoms with E-state index in [2.05, 4.69) is 32.6 Å². The molecule has 0 aliphatic rings. The first-order chi connectivity index (χ1) is 16.0. The minimum atomic E-state index is -0.466. The standard InChI is InChI=1S/C21H27N7O4S/c1-3-12-33-21-25-19(23-9-11-32-2)17-14-24-27(20(17)26-21)10-8-22-18(29)13-15-4-6-16(7-5-15)28(30)31/h4-7,14H,3,8-13H2,1-2H3,(H,22,29)(H,23,25,26). The fourth-order valence-corrected chi connectivity index (χ4v) is 3.74. The molecule has 1 aromatic carbocycles. The molecule has 2 aromatic heterocycles. The van der Waals surface area contributed by atoms with Crippen LogP contribution in [0.3, 0.4) is 0 Å². The molecule has 0 atom stereocenters. The molecular formula is C21H27N7O4S. The van der Waals surface area contributed by atoms with Crippen LogP contribution in [0.1, 0.15) is 18.9 Å².